The molecular formula is C13H27NOS. The smallest absolute Gasteiger partial charge is 0.0787 e. The van der Waals surface area contributed by atoms with Gasteiger partial charge < -0.3 is 10.1 Å². The summed E-state index contributed by atoms with van der Waals surface area (Å²) in [4.78, 5) is 0. The van der Waals surface area contributed by atoms with E-state index in [0.717, 1.165) is 6.42 Å². The molecule has 96 valence electrons. The van der Waals surface area contributed by atoms with Gasteiger partial charge in [0.15, 0.2) is 0 Å². The summed E-state index contributed by atoms with van der Waals surface area (Å²) in [5.74, 6) is 1.23. The van der Waals surface area contributed by atoms with Crippen LogP contribution < -0.4 is 5.32 Å². The Morgan fingerprint density at radius 1 is 1.38 bits per heavy atom. The summed E-state index contributed by atoms with van der Waals surface area (Å²) in [6.45, 7) is 11.0. The maximum atomic E-state index is 6.09. The van der Waals surface area contributed by atoms with Crippen LogP contribution in [0.15, 0.2) is 0 Å². The highest BCUT2D eigenvalue weighted by atomic mass is 32.2. The van der Waals surface area contributed by atoms with E-state index < -0.39 is 0 Å². The van der Waals surface area contributed by atoms with E-state index in [4.69, 9.17) is 4.74 Å². The molecule has 1 saturated heterocycles. The molecule has 1 fully saturated rings. The van der Waals surface area contributed by atoms with Crippen LogP contribution >= 0.6 is 11.8 Å². The lowest BCUT2D eigenvalue weighted by Crippen LogP contribution is -2.47. The number of hydrogen-bond acceptors (Lipinski definition) is 3. The quantitative estimate of drug-likeness (QED) is 0.804. The molecule has 0 amide bonds. The summed E-state index contributed by atoms with van der Waals surface area (Å²) < 4.78 is 6.09. The van der Waals surface area contributed by atoms with Gasteiger partial charge in [0.1, 0.15) is 0 Å². The van der Waals surface area contributed by atoms with Crippen molar-refractivity contribution in [3.63, 3.8) is 0 Å². The van der Waals surface area contributed by atoms with Gasteiger partial charge >= 0.3 is 0 Å². The predicted molar refractivity (Wildman–Crippen MR) is 73.2 cm³/mol. The van der Waals surface area contributed by atoms with Crippen molar-refractivity contribution in [3.8, 4) is 0 Å². The van der Waals surface area contributed by atoms with Crippen LogP contribution in [0.3, 0.4) is 0 Å². The standard InChI is InChI=1S/C13H27NOS/c1-10(7-8-16-6)14-11-9-12(2,3)15-13(11,4)5/h10-11,14H,7-9H2,1-6H3. The van der Waals surface area contributed by atoms with Gasteiger partial charge in [0.25, 0.3) is 0 Å². The Labute approximate surface area is 105 Å². The molecule has 1 aliphatic rings. The zero-order valence-electron chi connectivity index (χ0n) is 11.6. The summed E-state index contributed by atoms with van der Waals surface area (Å²) in [6.07, 6.45) is 4.50. The van der Waals surface area contributed by atoms with E-state index in [9.17, 15) is 0 Å². The van der Waals surface area contributed by atoms with Gasteiger partial charge in [0.05, 0.1) is 11.2 Å². The number of nitrogens with one attached hydrogen (secondary N) is 1. The first-order valence-corrected chi connectivity index (χ1v) is 7.61. The molecule has 0 radical (unpaired) electrons. The van der Waals surface area contributed by atoms with Crippen LogP contribution in [0.2, 0.25) is 0 Å². The topological polar surface area (TPSA) is 21.3 Å². The molecule has 3 heteroatoms. The van der Waals surface area contributed by atoms with Crippen molar-refractivity contribution in [2.24, 2.45) is 0 Å². The first kappa shape index (κ1) is 14.3. The highest BCUT2D eigenvalue weighted by molar-refractivity contribution is 7.98. The van der Waals surface area contributed by atoms with E-state index in [2.05, 4.69) is 46.2 Å². The van der Waals surface area contributed by atoms with Crippen LogP contribution in [0.25, 0.3) is 0 Å². The minimum atomic E-state index is -0.0445. The van der Waals surface area contributed by atoms with Gasteiger partial charge in [-0.15, -0.1) is 0 Å². The summed E-state index contributed by atoms with van der Waals surface area (Å²) in [5, 5.41) is 3.72. The number of rotatable bonds is 5. The second-order valence-corrected chi connectivity index (χ2v) is 7.06. The first-order valence-electron chi connectivity index (χ1n) is 6.22. The third-order valence-corrected chi connectivity index (χ3v) is 3.96. The van der Waals surface area contributed by atoms with Crippen molar-refractivity contribution in [3.05, 3.63) is 0 Å². The lowest BCUT2D eigenvalue weighted by Gasteiger charge is -2.30. The normalized spacial score (nSPS) is 29.2. The predicted octanol–water partition coefficient (Wildman–Crippen LogP) is 3.06. The molecule has 0 aromatic carbocycles. The highest BCUT2D eigenvalue weighted by Gasteiger charge is 2.45. The molecule has 0 aliphatic carbocycles. The number of hydrogen-bond donors (Lipinski definition) is 1. The van der Waals surface area contributed by atoms with Gasteiger partial charge in [-0.2, -0.15) is 11.8 Å². The van der Waals surface area contributed by atoms with Crippen molar-refractivity contribution in [2.75, 3.05) is 12.0 Å². The van der Waals surface area contributed by atoms with Gasteiger partial charge in [-0.25, -0.2) is 0 Å². The molecule has 0 bridgehead atoms. The van der Waals surface area contributed by atoms with E-state index in [1.807, 2.05) is 11.8 Å². The minimum Gasteiger partial charge on any atom is -0.368 e. The van der Waals surface area contributed by atoms with E-state index >= 15 is 0 Å². The largest absolute Gasteiger partial charge is 0.368 e. The molecule has 2 atom stereocenters. The van der Waals surface area contributed by atoms with Crippen LogP contribution in [-0.4, -0.2) is 35.3 Å². The van der Waals surface area contributed by atoms with Gasteiger partial charge in [-0.1, -0.05) is 0 Å². The first-order chi connectivity index (χ1) is 7.27. The fraction of sp³-hybridized carbons (Fsp3) is 1.00. The van der Waals surface area contributed by atoms with Crippen molar-refractivity contribution in [1.82, 2.24) is 5.32 Å². The monoisotopic (exact) mass is 245 g/mol. The average Bonchev–Trinajstić information content (AvgIpc) is 2.31. The molecule has 1 N–H and O–H groups in total. The third kappa shape index (κ3) is 3.94. The lowest BCUT2D eigenvalue weighted by atomic mass is 9.93. The average molecular weight is 245 g/mol. The second-order valence-electron chi connectivity index (χ2n) is 6.07. The van der Waals surface area contributed by atoms with Crippen LogP contribution in [0.4, 0.5) is 0 Å². The Morgan fingerprint density at radius 3 is 2.44 bits per heavy atom. The van der Waals surface area contributed by atoms with Crippen LogP contribution in [0, 0.1) is 0 Å². The Kier molecular flexibility index (Phi) is 4.73. The molecule has 0 aromatic rings. The van der Waals surface area contributed by atoms with Crippen molar-refractivity contribution in [2.45, 2.75) is 70.7 Å². The molecule has 1 rings (SSSR count). The zero-order valence-corrected chi connectivity index (χ0v) is 12.4. The molecule has 1 aliphatic heterocycles. The van der Waals surface area contributed by atoms with Gasteiger partial charge in [0.2, 0.25) is 0 Å². The van der Waals surface area contributed by atoms with Crippen molar-refractivity contribution >= 4 is 11.8 Å². The SMILES string of the molecule is CSCCC(C)NC1CC(C)(C)OC1(C)C. The van der Waals surface area contributed by atoms with Gasteiger partial charge in [-0.3, -0.25) is 0 Å². The van der Waals surface area contributed by atoms with E-state index in [0.29, 0.717) is 12.1 Å². The molecule has 1 heterocycles. The fourth-order valence-corrected chi connectivity index (χ4v) is 3.13. The van der Waals surface area contributed by atoms with Gasteiger partial charge in [0, 0.05) is 12.1 Å². The minimum absolute atomic E-state index is 0.0143. The summed E-state index contributed by atoms with van der Waals surface area (Å²) >= 11 is 1.92. The number of thioether (sulfide) groups is 1. The van der Waals surface area contributed by atoms with Crippen LogP contribution in [0.1, 0.15) is 47.5 Å². The Hall–Kier alpha value is 0.270. The maximum absolute atomic E-state index is 6.09. The van der Waals surface area contributed by atoms with Gasteiger partial charge in [-0.05, 0) is 59.5 Å². The summed E-state index contributed by atoms with van der Waals surface area (Å²) in [6, 6.07) is 1.05. The molecule has 2 nitrogen and oxygen atoms in total. The highest BCUT2D eigenvalue weighted by Crippen LogP contribution is 2.37. The van der Waals surface area contributed by atoms with Crippen molar-refractivity contribution in [1.29, 1.82) is 0 Å². The Balaban J connectivity index is 2.48. The molecule has 0 saturated carbocycles. The summed E-state index contributed by atoms with van der Waals surface area (Å²) in [7, 11) is 0. The molecule has 16 heavy (non-hydrogen) atoms. The molecular weight excluding hydrogens is 218 g/mol. The molecule has 0 aromatic heterocycles. The molecule has 2 unspecified atom stereocenters. The van der Waals surface area contributed by atoms with E-state index in [1.54, 1.807) is 0 Å². The van der Waals surface area contributed by atoms with E-state index in [-0.39, 0.29) is 11.2 Å². The Morgan fingerprint density at radius 2 is 2.00 bits per heavy atom. The number of ether oxygens (including phenoxy) is 1. The Bertz CT molecular complexity index is 228. The lowest BCUT2D eigenvalue weighted by molar-refractivity contribution is -0.0703. The maximum Gasteiger partial charge on any atom is 0.0787 e. The second kappa shape index (κ2) is 5.28. The summed E-state index contributed by atoms with van der Waals surface area (Å²) in [5.41, 5.74) is -0.0302. The van der Waals surface area contributed by atoms with Crippen LogP contribution in [-0.2, 0) is 4.74 Å². The third-order valence-electron chi connectivity index (χ3n) is 3.31. The fourth-order valence-electron chi connectivity index (χ4n) is 2.54. The van der Waals surface area contributed by atoms with Crippen LogP contribution in [0.5, 0.6) is 0 Å². The van der Waals surface area contributed by atoms with E-state index in [1.165, 1.54) is 12.2 Å². The zero-order chi connectivity index (χ0) is 12.4. The van der Waals surface area contributed by atoms with Crippen molar-refractivity contribution < 1.29 is 4.74 Å². The molecule has 0 spiro atoms.